The Balaban J connectivity index is 1.78. The van der Waals surface area contributed by atoms with Crippen LogP contribution in [-0.4, -0.2) is 18.1 Å². The molecule has 1 heterocycles. The van der Waals surface area contributed by atoms with E-state index in [1.165, 1.54) is 11.1 Å². The molecule has 0 spiro atoms. The summed E-state index contributed by atoms with van der Waals surface area (Å²) >= 11 is 0. The monoisotopic (exact) mass is 254 g/mol. The van der Waals surface area contributed by atoms with Crippen molar-refractivity contribution >= 4 is 5.69 Å². The molecule has 2 N–H and O–H groups in total. The maximum atomic E-state index is 5.86. The molecule has 19 heavy (non-hydrogen) atoms. The maximum absolute atomic E-state index is 5.86. The van der Waals surface area contributed by atoms with Crippen LogP contribution < -0.4 is 10.5 Å². The van der Waals surface area contributed by atoms with Crippen molar-refractivity contribution in [3.05, 3.63) is 59.7 Å². The van der Waals surface area contributed by atoms with E-state index in [1.807, 2.05) is 24.3 Å². The van der Waals surface area contributed by atoms with Crippen LogP contribution in [0.15, 0.2) is 48.5 Å². The van der Waals surface area contributed by atoms with E-state index < -0.39 is 0 Å². The highest BCUT2D eigenvalue weighted by Crippen LogP contribution is 2.25. The maximum Gasteiger partial charge on any atom is 0.124 e. The van der Waals surface area contributed by atoms with Crippen LogP contribution in [0.25, 0.3) is 0 Å². The van der Waals surface area contributed by atoms with Crippen molar-refractivity contribution in [1.29, 1.82) is 0 Å². The number of rotatable bonds is 2. The second kappa shape index (κ2) is 5.33. The highest BCUT2D eigenvalue weighted by molar-refractivity contribution is 5.48. The first-order valence-corrected chi connectivity index (χ1v) is 6.59. The van der Waals surface area contributed by atoms with Gasteiger partial charge in [-0.1, -0.05) is 30.3 Å². The van der Waals surface area contributed by atoms with Gasteiger partial charge in [0.05, 0.1) is 0 Å². The highest BCUT2D eigenvalue weighted by Gasteiger charge is 2.15. The summed E-state index contributed by atoms with van der Waals surface area (Å²) in [4.78, 5) is 2.39. The molecule has 0 bridgehead atoms. The highest BCUT2D eigenvalue weighted by atomic mass is 16.5. The summed E-state index contributed by atoms with van der Waals surface area (Å²) < 4.78 is 5.77. The van der Waals surface area contributed by atoms with E-state index in [2.05, 4.69) is 29.2 Å². The zero-order valence-electron chi connectivity index (χ0n) is 10.9. The molecule has 0 unspecified atom stereocenters. The number of nitrogen functional groups attached to an aromatic ring is 1. The van der Waals surface area contributed by atoms with Crippen molar-refractivity contribution < 1.29 is 4.74 Å². The Morgan fingerprint density at radius 1 is 1.11 bits per heavy atom. The Morgan fingerprint density at radius 2 is 1.95 bits per heavy atom. The minimum absolute atomic E-state index is 0.726. The Kier molecular flexibility index (Phi) is 3.38. The molecule has 0 amide bonds. The van der Waals surface area contributed by atoms with Crippen molar-refractivity contribution in [1.82, 2.24) is 4.90 Å². The van der Waals surface area contributed by atoms with Crippen molar-refractivity contribution in [2.24, 2.45) is 0 Å². The van der Waals surface area contributed by atoms with Crippen molar-refractivity contribution in [3.63, 3.8) is 0 Å². The second-order valence-electron chi connectivity index (χ2n) is 4.91. The first-order valence-electron chi connectivity index (χ1n) is 6.59. The Bertz CT molecular complexity index is 554. The molecule has 0 atom stereocenters. The van der Waals surface area contributed by atoms with Crippen LogP contribution in [0.3, 0.4) is 0 Å². The van der Waals surface area contributed by atoms with Gasteiger partial charge < -0.3 is 10.5 Å². The molecule has 1 aliphatic heterocycles. The van der Waals surface area contributed by atoms with Crippen molar-refractivity contribution in [2.45, 2.75) is 13.1 Å². The molecule has 0 saturated heterocycles. The molecule has 2 aromatic carbocycles. The third kappa shape index (κ3) is 2.88. The van der Waals surface area contributed by atoms with Gasteiger partial charge in [-0.05, 0) is 23.8 Å². The Labute approximate surface area is 113 Å². The van der Waals surface area contributed by atoms with Crippen LogP contribution in [0.4, 0.5) is 5.69 Å². The number of nitrogens with zero attached hydrogens (tertiary/aromatic N) is 1. The molecular weight excluding hydrogens is 236 g/mol. The normalized spacial score (nSPS) is 15.4. The van der Waals surface area contributed by atoms with Gasteiger partial charge in [0.15, 0.2) is 0 Å². The van der Waals surface area contributed by atoms with E-state index in [1.54, 1.807) is 0 Å². The van der Waals surface area contributed by atoms with Crippen molar-refractivity contribution in [2.75, 3.05) is 18.9 Å². The van der Waals surface area contributed by atoms with Crippen molar-refractivity contribution in [3.8, 4) is 5.75 Å². The minimum atomic E-state index is 0.726. The summed E-state index contributed by atoms with van der Waals surface area (Å²) in [5.74, 6) is 0.963. The van der Waals surface area contributed by atoms with Crippen LogP contribution in [-0.2, 0) is 13.1 Å². The minimum Gasteiger partial charge on any atom is -0.492 e. The third-order valence-electron chi connectivity index (χ3n) is 3.39. The number of hydrogen-bond donors (Lipinski definition) is 1. The van der Waals surface area contributed by atoms with Crippen LogP contribution in [0, 0.1) is 0 Å². The Morgan fingerprint density at radius 3 is 2.79 bits per heavy atom. The van der Waals surface area contributed by atoms with Gasteiger partial charge in [0.2, 0.25) is 0 Å². The molecule has 3 rings (SSSR count). The van der Waals surface area contributed by atoms with E-state index >= 15 is 0 Å². The van der Waals surface area contributed by atoms with Gasteiger partial charge in [0.1, 0.15) is 12.4 Å². The lowest BCUT2D eigenvalue weighted by Gasteiger charge is -2.19. The number of nitrogens with two attached hydrogens (primary N) is 1. The molecule has 3 heteroatoms. The van der Waals surface area contributed by atoms with E-state index in [0.29, 0.717) is 0 Å². The topological polar surface area (TPSA) is 38.5 Å². The number of benzene rings is 2. The van der Waals surface area contributed by atoms with Gasteiger partial charge in [-0.2, -0.15) is 0 Å². The zero-order valence-corrected chi connectivity index (χ0v) is 10.9. The quantitative estimate of drug-likeness (QED) is 0.837. The molecule has 0 aromatic heterocycles. The van der Waals surface area contributed by atoms with Crippen LogP contribution in [0.2, 0.25) is 0 Å². The summed E-state index contributed by atoms with van der Waals surface area (Å²) in [7, 11) is 0. The van der Waals surface area contributed by atoms with E-state index in [-0.39, 0.29) is 0 Å². The first kappa shape index (κ1) is 12.1. The van der Waals surface area contributed by atoms with Gasteiger partial charge in [0, 0.05) is 30.9 Å². The summed E-state index contributed by atoms with van der Waals surface area (Å²) in [6.07, 6.45) is 0. The van der Waals surface area contributed by atoms with Gasteiger partial charge in [-0.3, -0.25) is 4.90 Å². The summed E-state index contributed by atoms with van der Waals surface area (Å²) in [5, 5.41) is 0. The average molecular weight is 254 g/mol. The number of hydrogen-bond acceptors (Lipinski definition) is 3. The van der Waals surface area contributed by atoms with Crippen LogP contribution in [0.5, 0.6) is 5.75 Å². The summed E-state index contributed by atoms with van der Waals surface area (Å²) in [6, 6.07) is 16.4. The molecule has 2 aromatic rings. The number of ether oxygens (including phenoxy) is 1. The lowest BCUT2D eigenvalue weighted by molar-refractivity contribution is 0.219. The van der Waals surface area contributed by atoms with E-state index in [0.717, 1.165) is 37.7 Å². The lowest BCUT2D eigenvalue weighted by atomic mass is 10.1. The van der Waals surface area contributed by atoms with Gasteiger partial charge >= 0.3 is 0 Å². The smallest absolute Gasteiger partial charge is 0.124 e. The van der Waals surface area contributed by atoms with Crippen LogP contribution in [0.1, 0.15) is 11.1 Å². The molecular formula is C16H18N2O. The fourth-order valence-electron chi connectivity index (χ4n) is 2.44. The fraction of sp³-hybridized carbons (Fsp3) is 0.250. The average Bonchev–Trinajstić information content (AvgIpc) is 2.61. The third-order valence-corrected chi connectivity index (χ3v) is 3.39. The molecule has 98 valence electrons. The van der Waals surface area contributed by atoms with Gasteiger partial charge in [-0.25, -0.2) is 0 Å². The molecule has 1 aliphatic rings. The molecule has 0 radical (unpaired) electrons. The molecule has 0 saturated carbocycles. The molecule has 0 aliphatic carbocycles. The lowest BCUT2D eigenvalue weighted by Crippen LogP contribution is -2.25. The first-order chi connectivity index (χ1) is 9.31. The largest absolute Gasteiger partial charge is 0.492 e. The Hall–Kier alpha value is -2.00. The predicted octanol–water partition coefficient (Wildman–Crippen LogP) is 2.66. The summed E-state index contributed by atoms with van der Waals surface area (Å²) in [5.41, 5.74) is 9.16. The molecule has 3 nitrogen and oxygen atoms in total. The van der Waals surface area contributed by atoms with E-state index in [4.69, 9.17) is 10.5 Å². The van der Waals surface area contributed by atoms with E-state index in [9.17, 15) is 0 Å². The standard InChI is InChI=1S/C16H18N2O/c17-15-6-7-16-14(10-15)12-18(8-9-19-16)11-13-4-2-1-3-5-13/h1-7,10H,8-9,11-12,17H2. The number of anilines is 1. The second-order valence-corrected chi connectivity index (χ2v) is 4.91. The number of fused-ring (bicyclic) bond motifs is 1. The van der Waals surface area contributed by atoms with Gasteiger partial charge in [0.25, 0.3) is 0 Å². The summed E-state index contributed by atoms with van der Waals surface area (Å²) in [6.45, 7) is 3.49. The predicted molar refractivity (Wildman–Crippen MR) is 76.9 cm³/mol. The SMILES string of the molecule is Nc1ccc2c(c1)CN(Cc1ccccc1)CCO2. The van der Waals surface area contributed by atoms with Gasteiger partial charge in [-0.15, -0.1) is 0 Å². The zero-order chi connectivity index (χ0) is 13.1. The van der Waals surface area contributed by atoms with Crippen LogP contribution >= 0.6 is 0 Å². The molecule has 0 fully saturated rings. The fourth-order valence-corrected chi connectivity index (χ4v) is 2.44.